The van der Waals surface area contributed by atoms with E-state index in [0.29, 0.717) is 11.0 Å². The van der Waals surface area contributed by atoms with Gasteiger partial charge in [0.1, 0.15) is 29.7 Å². The fourth-order valence-corrected chi connectivity index (χ4v) is 4.28. The summed E-state index contributed by atoms with van der Waals surface area (Å²) < 4.78 is 30.9. The first-order valence-corrected chi connectivity index (χ1v) is 11.9. The van der Waals surface area contributed by atoms with Crippen LogP contribution in [0.15, 0.2) is 103 Å². The number of aromatic nitrogens is 3. The molecule has 1 unspecified atom stereocenters. The topological polar surface area (TPSA) is 80.1 Å². The molecular weight excluding hydrogens is 488 g/mol. The fraction of sp³-hybridized carbons (Fsp3) is 0.103. The number of amides is 2. The molecular formula is C29H23F2N5O2. The molecule has 38 heavy (non-hydrogen) atoms. The Morgan fingerprint density at radius 3 is 2.39 bits per heavy atom. The summed E-state index contributed by atoms with van der Waals surface area (Å²) >= 11 is 0. The Balaban J connectivity index is 1.57. The lowest BCUT2D eigenvalue weighted by Gasteiger charge is -2.31. The largest absolute Gasteiger partial charge is 0.350 e. The van der Waals surface area contributed by atoms with E-state index in [1.165, 1.54) is 41.1 Å². The smallest absolute Gasteiger partial charge is 0.249 e. The van der Waals surface area contributed by atoms with Crippen LogP contribution in [0, 0.1) is 11.6 Å². The Morgan fingerprint density at radius 2 is 1.61 bits per heavy atom. The Kier molecular flexibility index (Phi) is 7.17. The summed E-state index contributed by atoms with van der Waals surface area (Å²) in [6.07, 6.45) is 0. The maximum Gasteiger partial charge on any atom is 0.249 e. The number of carbonyl (C=O) groups is 2. The van der Waals surface area contributed by atoms with Gasteiger partial charge in [-0.1, -0.05) is 71.9 Å². The van der Waals surface area contributed by atoms with Gasteiger partial charge in [-0.25, -0.2) is 13.5 Å². The molecule has 0 fully saturated rings. The molecule has 0 aliphatic rings. The molecule has 0 saturated carbocycles. The van der Waals surface area contributed by atoms with E-state index in [4.69, 9.17) is 0 Å². The van der Waals surface area contributed by atoms with E-state index in [9.17, 15) is 14.0 Å². The van der Waals surface area contributed by atoms with Crippen LogP contribution in [0.4, 0.5) is 14.5 Å². The van der Waals surface area contributed by atoms with Crippen molar-refractivity contribution in [3.05, 3.63) is 126 Å². The van der Waals surface area contributed by atoms with Gasteiger partial charge in [0.2, 0.25) is 11.8 Å². The van der Waals surface area contributed by atoms with Crippen LogP contribution >= 0.6 is 0 Å². The minimum atomic E-state index is -1.43. The molecule has 0 aliphatic carbocycles. The lowest BCUT2D eigenvalue weighted by Crippen LogP contribution is -2.45. The van der Waals surface area contributed by atoms with Gasteiger partial charge >= 0.3 is 0 Å². The highest BCUT2D eigenvalue weighted by molar-refractivity contribution is 6.01. The van der Waals surface area contributed by atoms with Crippen molar-refractivity contribution in [3.63, 3.8) is 0 Å². The highest BCUT2D eigenvalue weighted by Gasteiger charge is 2.35. The monoisotopic (exact) mass is 511 g/mol. The fourth-order valence-electron chi connectivity index (χ4n) is 4.28. The van der Waals surface area contributed by atoms with Crippen molar-refractivity contribution in [2.24, 2.45) is 0 Å². The van der Waals surface area contributed by atoms with Gasteiger partial charge in [-0.05, 0) is 42.0 Å². The van der Waals surface area contributed by atoms with E-state index in [1.807, 2.05) is 30.3 Å². The molecule has 1 N–H and O–H groups in total. The molecule has 9 heteroatoms. The number of nitrogens with zero attached hydrogens (tertiary/aromatic N) is 4. The van der Waals surface area contributed by atoms with Gasteiger partial charge in [-0.2, -0.15) is 0 Å². The first-order chi connectivity index (χ1) is 18.5. The average Bonchev–Trinajstić information content (AvgIpc) is 3.34. The zero-order valence-electron chi connectivity index (χ0n) is 20.2. The predicted molar refractivity (Wildman–Crippen MR) is 139 cm³/mol. The van der Waals surface area contributed by atoms with Crippen molar-refractivity contribution < 1.29 is 18.4 Å². The number of halogens is 2. The second-order valence-corrected chi connectivity index (χ2v) is 8.61. The normalized spacial score (nSPS) is 11.7. The molecule has 1 atom stereocenters. The third-order valence-corrected chi connectivity index (χ3v) is 6.08. The second-order valence-electron chi connectivity index (χ2n) is 8.61. The summed E-state index contributed by atoms with van der Waals surface area (Å²) in [6.45, 7) is -0.155. The standard InChI is InChI=1S/C29H23F2N5O2/c30-21-11-8-12-22(17-21)36(27(37)19-35-26-16-7-6-15-25(26)33-34-35)28(23-13-4-5-14-24(23)31)29(38)32-18-20-9-2-1-3-10-20/h1-17,28H,18-19H2,(H,32,38). The van der Waals surface area contributed by atoms with Crippen LogP contribution in [0.2, 0.25) is 0 Å². The van der Waals surface area contributed by atoms with E-state index >= 15 is 4.39 Å². The molecule has 5 aromatic rings. The van der Waals surface area contributed by atoms with Gasteiger partial charge in [0.25, 0.3) is 0 Å². The summed E-state index contributed by atoms with van der Waals surface area (Å²) in [6, 6.07) is 25.9. The number of fused-ring (bicyclic) bond motifs is 1. The zero-order valence-corrected chi connectivity index (χ0v) is 20.2. The predicted octanol–water partition coefficient (Wildman–Crippen LogP) is 4.80. The van der Waals surface area contributed by atoms with Crippen LogP contribution in [-0.4, -0.2) is 26.8 Å². The molecule has 1 heterocycles. The number of hydrogen-bond donors (Lipinski definition) is 1. The molecule has 0 spiro atoms. The zero-order chi connectivity index (χ0) is 26.5. The van der Waals surface area contributed by atoms with E-state index in [-0.39, 0.29) is 24.3 Å². The van der Waals surface area contributed by atoms with E-state index in [1.54, 1.807) is 30.3 Å². The first kappa shape index (κ1) is 24.8. The Morgan fingerprint density at radius 1 is 0.868 bits per heavy atom. The van der Waals surface area contributed by atoms with Crippen molar-refractivity contribution in [3.8, 4) is 0 Å². The SMILES string of the molecule is O=C(NCc1ccccc1)C(c1ccccc1F)N(C(=O)Cn1nnc2ccccc21)c1cccc(F)c1. The van der Waals surface area contributed by atoms with Crippen molar-refractivity contribution in [1.29, 1.82) is 0 Å². The van der Waals surface area contributed by atoms with Crippen LogP contribution in [0.5, 0.6) is 0 Å². The molecule has 4 aromatic carbocycles. The van der Waals surface area contributed by atoms with Gasteiger partial charge in [0.05, 0.1) is 5.52 Å². The minimum absolute atomic E-state index is 0.0286. The van der Waals surface area contributed by atoms with Gasteiger partial charge in [-0.3, -0.25) is 14.5 Å². The molecule has 0 saturated heterocycles. The van der Waals surface area contributed by atoms with E-state index < -0.39 is 29.5 Å². The molecule has 1 aromatic heterocycles. The molecule has 0 aliphatic heterocycles. The van der Waals surface area contributed by atoms with Crippen LogP contribution < -0.4 is 10.2 Å². The summed E-state index contributed by atoms with van der Waals surface area (Å²) in [7, 11) is 0. The number of carbonyl (C=O) groups excluding carboxylic acids is 2. The lowest BCUT2D eigenvalue weighted by molar-refractivity contribution is -0.127. The van der Waals surface area contributed by atoms with Crippen molar-refractivity contribution >= 4 is 28.5 Å². The summed E-state index contributed by atoms with van der Waals surface area (Å²) in [4.78, 5) is 28.7. The average molecular weight is 512 g/mol. The third-order valence-electron chi connectivity index (χ3n) is 6.08. The van der Waals surface area contributed by atoms with E-state index in [0.717, 1.165) is 16.5 Å². The van der Waals surface area contributed by atoms with Crippen molar-refractivity contribution in [2.45, 2.75) is 19.1 Å². The number of benzene rings is 4. The third kappa shape index (κ3) is 5.27. The number of rotatable bonds is 8. The second kappa shape index (κ2) is 11.0. The summed E-state index contributed by atoms with van der Waals surface area (Å²) in [5.74, 6) is -2.51. The maximum atomic E-state index is 15.1. The number of para-hydroxylation sites is 1. The lowest BCUT2D eigenvalue weighted by atomic mass is 10.0. The Bertz CT molecular complexity index is 1590. The minimum Gasteiger partial charge on any atom is -0.350 e. The maximum absolute atomic E-state index is 15.1. The molecule has 0 bridgehead atoms. The van der Waals surface area contributed by atoms with Crippen LogP contribution in [0.25, 0.3) is 11.0 Å². The quantitative estimate of drug-likeness (QED) is 0.325. The Hall–Kier alpha value is -4.92. The Labute approximate surface area is 217 Å². The molecule has 190 valence electrons. The van der Waals surface area contributed by atoms with Crippen LogP contribution in [0.1, 0.15) is 17.2 Å². The highest BCUT2D eigenvalue weighted by atomic mass is 19.1. The summed E-state index contributed by atoms with van der Waals surface area (Å²) in [5.41, 5.74) is 2.09. The van der Waals surface area contributed by atoms with Gasteiger partial charge in [0, 0.05) is 17.8 Å². The van der Waals surface area contributed by atoms with Crippen LogP contribution in [-0.2, 0) is 22.7 Å². The highest BCUT2D eigenvalue weighted by Crippen LogP contribution is 2.31. The number of hydrogen-bond acceptors (Lipinski definition) is 4. The molecule has 7 nitrogen and oxygen atoms in total. The van der Waals surface area contributed by atoms with Gasteiger partial charge < -0.3 is 5.32 Å². The van der Waals surface area contributed by atoms with E-state index in [2.05, 4.69) is 15.6 Å². The molecule has 0 radical (unpaired) electrons. The van der Waals surface area contributed by atoms with Gasteiger partial charge in [0.15, 0.2) is 0 Å². The van der Waals surface area contributed by atoms with Gasteiger partial charge in [-0.15, -0.1) is 5.10 Å². The van der Waals surface area contributed by atoms with Crippen LogP contribution in [0.3, 0.4) is 0 Å². The molecule has 2 amide bonds. The summed E-state index contributed by atoms with van der Waals surface area (Å²) in [5, 5.41) is 11.0. The van der Waals surface area contributed by atoms with Crippen molar-refractivity contribution in [2.75, 3.05) is 4.90 Å². The molecule has 5 rings (SSSR count). The van der Waals surface area contributed by atoms with Crippen molar-refractivity contribution in [1.82, 2.24) is 20.3 Å². The number of anilines is 1. The first-order valence-electron chi connectivity index (χ1n) is 11.9. The number of nitrogens with one attached hydrogen (secondary N) is 1.